The maximum absolute atomic E-state index is 5.49. The van der Waals surface area contributed by atoms with E-state index in [1.165, 1.54) is 5.57 Å². The Kier molecular flexibility index (Phi) is 4.35. The zero-order valence-electron chi connectivity index (χ0n) is 10.0. The monoisotopic (exact) mass is 205 g/mol. The lowest BCUT2D eigenvalue weighted by Crippen LogP contribution is -1.82. The molecule has 15 heavy (non-hydrogen) atoms. The summed E-state index contributed by atoms with van der Waals surface area (Å²) in [6, 6.07) is 0. The zero-order chi connectivity index (χ0) is 11.3. The van der Waals surface area contributed by atoms with Gasteiger partial charge in [0.2, 0.25) is 0 Å². The molecule has 0 spiro atoms. The predicted octanol–water partition coefficient (Wildman–Crippen LogP) is 3.91. The van der Waals surface area contributed by atoms with Gasteiger partial charge in [-0.15, -0.1) is 0 Å². The first-order valence-electron chi connectivity index (χ1n) is 5.63. The molecule has 1 aliphatic carbocycles. The van der Waals surface area contributed by atoms with Crippen LogP contribution in [0.3, 0.4) is 0 Å². The summed E-state index contributed by atoms with van der Waals surface area (Å²) in [6.07, 6.45) is 8.29. The largest absolute Gasteiger partial charge is 0.441 e. The first kappa shape index (κ1) is 11.8. The Bertz CT molecular complexity index is 372. The first-order valence-corrected chi connectivity index (χ1v) is 5.63. The Labute approximate surface area is 91.7 Å². The van der Waals surface area contributed by atoms with Crippen LogP contribution in [0.15, 0.2) is 22.1 Å². The summed E-state index contributed by atoms with van der Waals surface area (Å²) >= 11 is 0. The van der Waals surface area contributed by atoms with Gasteiger partial charge in [0.25, 0.3) is 0 Å². The third-order valence-electron chi connectivity index (χ3n) is 2.20. The van der Waals surface area contributed by atoms with Crippen molar-refractivity contribution in [3.05, 3.63) is 35.1 Å². The lowest BCUT2D eigenvalue weighted by atomic mass is 10.2. The molecule has 0 saturated heterocycles. The van der Waals surface area contributed by atoms with Crippen LogP contribution in [-0.4, -0.2) is 4.98 Å². The molecule has 1 aromatic heterocycles. The van der Waals surface area contributed by atoms with E-state index in [0.717, 1.165) is 30.2 Å². The van der Waals surface area contributed by atoms with Crippen LogP contribution in [0.5, 0.6) is 0 Å². The highest BCUT2D eigenvalue weighted by Crippen LogP contribution is 2.20. The summed E-state index contributed by atoms with van der Waals surface area (Å²) in [5.74, 6) is 1.69. The second kappa shape index (κ2) is 5.54. The van der Waals surface area contributed by atoms with E-state index < -0.39 is 0 Å². The summed E-state index contributed by atoms with van der Waals surface area (Å²) in [5, 5.41) is 0. The number of allylic oxidation sites excluding steroid dienone is 3. The molecular formula is C13H19NO. The molecule has 2 rings (SSSR count). The van der Waals surface area contributed by atoms with Crippen molar-refractivity contribution in [2.24, 2.45) is 0 Å². The van der Waals surface area contributed by atoms with Gasteiger partial charge in [-0.05, 0) is 18.1 Å². The van der Waals surface area contributed by atoms with Gasteiger partial charge in [-0.3, -0.25) is 0 Å². The lowest BCUT2D eigenvalue weighted by molar-refractivity contribution is 0.512. The van der Waals surface area contributed by atoms with Crippen molar-refractivity contribution < 1.29 is 4.42 Å². The second-order valence-electron chi connectivity index (χ2n) is 3.22. The van der Waals surface area contributed by atoms with Crippen molar-refractivity contribution in [2.75, 3.05) is 0 Å². The number of oxazole rings is 1. The second-order valence-corrected chi connectivity index (χ2v) is 3.22. The molecule has 1 aliphatic rings. The van der Waals surface area contributed by atoms with Crippen molar-refractivity contribution in [3.63, 3.8) is 0 Å². The number of aromatic nitrogens is 1. The Morgan fingerprint density at radius 2 is 2.13 bits per heavy atom. The highest BCUT2D eigenvalue weighted by atomic mass is 16.4. The van der Waals surface area contributed by atoms with Crippen molar-refractivity contribution >= 4 is 6.08 Å². The normalized spacial score (nSPS) is 13.5. The molecule has 1 aromatic rings. The molecule has 82 valence electrons. The van der Waals surface area contributed by atoms with Crippen molar-refractivity contribution in [1.82, 2.24) is 4.98 Å². The van der Waals surface area contributed by atoms with Crippen LogP contribution in [0.4, 0.5) is 0 Å². The van der Waals surface area contributed by atoms with Crippen molar-refractivity contribution in [2.45, 2.75) is 40.5 Å². The number of hydrogen-bond donors (Lipinski definition) is 0. The summed E-state index contributed by atoms with van der Waals surface area (Å²) in [4.78, 5) is 4.32. The van der Waals surface area contributed by atoms with Crippen LogP contribution in [0.25, 0.3) is 6.08 Å². The van der Waals surface area contributed by atoms with E-state index in [-0.39, 0.29) is 0 Å². The van der Waals surface area contributed by atoms with Crippen LogP contribution in [0, 0.1) is 6.92 Å². The Morgan fingerprint density at radius 1 is 1.40 bits per heavy atom. The summed E-state index contributed by atoms with van der Waals surface area (Å²) in [5.41, 5.74) is 2.35. The number of hydrogen-bond acceptors (Lipinski definition) is 2. The van der Waals surface area contributed by atoms with Gasteiger partial charge < -0.3 is 4.42 Å². The van der Waals surface area contributed by atoms with Gasteiger partial charge in [0, 0.05) is 13.3 Å². The molecule has 0 bridgehead atoms. The van der Waals surface area contributed by atoms with Gasteiger partial charge in [-0.1, -0.05) is 32.9 Å². The van der Waals surface area contributed by atoms with Gasteiger partial charge >= 0.3 is 0 Å². The van der Waals surface area contributed by atoms with Gasteiger partial charge in [-0.25, -0.2) is 4.98 Å². The molecule has 0 aliphatic heterocycles. The molecule has 0 radical (unpaired) electrons. The van der Waals surface area contributed by atoms with E-state index in [0.29, 0.717) is 0 Å². The first-order chi connectivity index (χ1) is 7.29. The summed E-state index contributed by atoms with van der Waals surface area (Å²) < 4.78 is 5.49. The fourth-order valence-corrected chi connectivity index (χ4v) is 1.50. The van der Waals surface area contributed by atoms with Crippen LogP contribution >= 0.6 is 0 Å². The van der Waals surface area contributed by atoms with Crippen LogP contribution < -0.4 is 0 Å². The van der Waals surface area contributed by atoms with Crippen LogP contribution in [0.2, 0.25) is 0 Å². The molecule has 1 heterocycles. The van der Waals surface area contributed by atoms with E-state index in [4.69, 9.17) is 4.42 Å². The van der Waals surface area contributed by atoms with Crippen molar-refractivity contribution in [3.8, 4) is 0 Å². The molecule has 2 nitrogen and oxygen atoms in total. The fourth-order valence-electron chi connectivity index (χ4n) is 1.50. The SMILES string of the molecule is CC.CCC1=Cc2oc(C)nc2CC=C1. The molecule has 0 amide bonds. The number of fused-ring (bicyclic) bond motifs is 1. The van der Waals surface area contributed by atoms with Crippen LogP contribution in [0.1, 0.15) is 44.5 Å². The number of nitrogens with zero attached hydrogens (tertiary/aromatic N) is 1. The zero-order valence-corrected chi connectivity index (χ0v) is 10.0. The molecular weight excluding hydrogens is 186 g/mol. The summed E-state index contributed by atoms with van der Waals surface area (Å²) in [7, 11) is 0. The van der Waals surface area contributed by atoms with E-state index >= 15 is 0 Å². The molecule has 0 aromatic carbocycles. The molecule has 0 N–H and O–H groups in total. The number of aryl methyl sites for hydroxylation is 1. The van der Waals surface area contributed by atoms with Crippen LogP contribution in [-0.2, 0) is 6.42 Å². The number of rotatable bonds is 1. The smallest absolute Gasteiger partial charge is 0.192 e. The quantitative estimate of drug-likeness (QED) is 0.694. The van der Waals surface area contributed by atoms with Gasteiger partial charge in [-0.2, -0.15) is 0 Å². The Morgan fingerprint density at radius 3 is 2.80 bits per heavy atom. The Hall–Kier alpha value is -1.31. The van der Waals surface area contributed by atoms with E-state index in [1.54, 1.807) is 0 Å². The third kappa shape index (κ3) is 2.82. The molecule has 0 saturated carbocycles. The highest BCUT2D eigenvalue weighted by Gasteiger charge is 2.09. The highest BCUT2D eigenvalue weighted by molar-refractivity contribution is 5.55. The minimum atomic E-state index is 0.756. The average Bonchev–Trinajstić information content (AvgIpc) is 2.49. The Balaban J connectivity index is 0.000000531. The summed E-state index contributed by atoms with van der Waals surface area (Å²) in [6.45, 7) is 8.03. The molecule has 2 heteroatoms. The van der Waals surface area contributed by atoms with Gasteiger partial charge in [0.05, 0.1) is 5.69 Å². The maximum Gasteiger partial charge on any atom is 0.192 e. The van der Waals surface area contributed by atoms with Crippen molar-refractivity contribution in [1.29, 1.82) is 0 Å². The van der Waals surface area contributed by atoms with E-state index in [1.807, 2.05) is 20.8 Å². The third-order valence-corrected chi connectivity index (χ3v) is 2.20. The molecule has 0 fully saturated rings. The van der Waals surface area contributed by atoms with Gasteiger partial charge in [0.1, 0.15) is 0 Å². The lowest BCUT2D eigenvalue weighted by Gasteiger charge is -1.92. The minimum Gasteiger partial charge on any atom is -0.441 e. The fraction of sp³-hybridized carbons (Fsp3) is 0.462. The van der Waals surface area contributed by atoms with E-state index in [2.05, 4.69) is 30.1 Å². The molecule has 0 atom stereocenters. The average molecular weight is 205 g/mol. The predicted molar refractivity (Wildman–Crippen MR) is 63.7 cm³/mol. The minimum absolute atomic E-state index is 0.756. The topological polar surface area (TPSA) is 26.0 Å². The molecule has 0 unspecified atom stereocenters. The maximum atomic E-state index is 5.49. The van der Waals surface area contributed by atoms with Gasteiger partial charge in [0.15, 0.2) is 11.7 Å². The van der Waals surface area contributed by atoms with E-state index in [9.17, 15) is 0 Å². The standard InChI is InChI=1S/C11H13NO.C2H6/c1-3-9-5-4-6-10-11(7-9)13-8(2)12-10;1-2/h4-5,7H,3,6H2,1-2H3;1-2H3.